The van der Waals surface area contributed by atoms with Crippen molar-refractivity contribution in [1.29, 1.82) is 0 Å². The molecule has 0 radical (unpaired) electrons. The van der Waals surface area contributed by atoms with Crippen LogP contribution >= 0.6 is 34.7 Å². The maximum Gasteiger partial charge on any atom is 0.263 e. The summed E-state index contributed by atoms with van der Waals surface area (Å²) in [6.07, 6.45) is 7.19. The lowest BCUT2D eigenvalue weighted by atomic mass is 9.97. The van der Waals surface area contributed by atoms with Gasteiger partial charge in [-0.3, -0.25) is 14.2 Å². The summed E-state index contributed by atoms with van der Waals surface area (Å²) in [5.41, 5.74) is 1.07. The molecule has 0 spiro atoms. The van der Waals surface area contributed by atoms with Gasteiger partial charge in [0.2, 0.25) is 5.91 Å². The van der Waals surface area contributed by atoms with Crippen LogP contribution in [0.3, 0.4) is 0 Å². The van der Waals surface area contributed by atoms with Gasteiger partial charge in [0, 0.05) is 11.1 Å². The minimum Gasteiger partial charge on any atom is -0.467 e. The van der Waals surface area contributed by atoms with Gasteiger partial charge in [-0.15, -0.1) is 11.3 Å². The van der Waals surface area contributed by atoms with Crippen molar-refractivity contribution in [1.82, 2.24) is 14.5 Å². The van der Waals surface area contributed by atoms with Crippen LogP contribution in [0.25, 0.3) is 10.2 Å². The van der Waals surface area contributed by atoms with Crippen molar-refractivity contribution < 1.29 is 9.21 Å². The molecule has 164 valence electrons. The second-order valence-electron chi connectivity index (χ2n) is 7.45. The Balaban J connectivity index is 1.45. The lowest BCUT2D eigenvalue weighted by Gasteiger charge is -2.13. The molecule has 0 unspecified atom stereocenters. The van der Waals surface area contributed by atoms with E-state index in [1.54, 1.807) is 40.4 Å². The fourth-order valence-electron chi connectivity index (χ4n) is 3.79. The zero-order chi connectivity index (χ0) is 22.1. The van der Waals surface area contributed by atoms with E-state index in [9.17, 15) is 9.59 Å². The normalized spacial score (nSPS) is 13.3. The second kappa shape index (κ2) is 9.09. The first-order valence-corrected chi connectivity index (χ1v) is 12.4. The number of fused-ring (bicyclic) bond motifs is 3. The first kappa shape index (κ1) is 21.2. The lowest BCUT2D eigenvalue weighted by Crippen LogP contribution is -2.25. The van der Waals surface area contributed by atoms with Crippen LogP contribution < -0.4 is 10.9 Å². The summed E-state index contributed by atoms with van der Waals surface area (Å²) < 4.78 is 7.09. The molecule has 0 atom stereocenters. The van der Waals surface area contributed by atoms with Gasteiger partial charge in [0.25, 0.3) is 5.56 Å². The number of hydrogen-bond acceptors (Lipinski definition) is 7. The number of nitrogens with zero attached hydrogens (tertiary/aromatic N) is 3. The van der Waals surface area contributed by atoms with E-state index in [-0.39, 0.29) is 23.8 Å². The van der Waals surface area contributed by atoms with Crippen molar-refractivity contribution in [3.63, 3.8) is 0 Å². The number of hydrogen-bond donors (Lipinski definition) is 1. The molecule has 4 heterocycles. The number of amides is 1. The molecular formula is C22H19ClN4O3S2. The van der Waals surface area contributed by atoms with E-state index >= 15 is 0 Å². The molecule has 1 aliphatic rings. The molecule has 4 aromatic rings. The molecule has 7 nitrogen and oxygen atoms in total. The minimum atomic E-state index is -0.241. The standard InChI is InChI=1S/C22H19ClN4O3S2/c23-13-7-8-17(24-10-13)25-18(28)12-31-22-26-20-19(15-5-1-2-6-16(15)32-20)21(29)27(22)11-14-4-3-9-30-14/h3-4,7-10H,1-2,5-6,11-12H2,(H,24,25,28). The molecule has 1 aliphatic carbocycles. The van der Waals surface area contributed by atoms with Crippen molar-refractivity contribution in [2.75, 3.05) is 11.1 Å². The average Bonchev–Trinajstić information content (AvgIpc) is 3.43. The number of aryl methyl sites for hydroxylation is 2. The van der Waals surface area contributed by atoms with E-state index < -0.39 is 0 Å². The third kappa shape index (κ3) is 4.32. The van der Waals surface area contributed by atoms with E-state index in [0.717, 1.165) is 41.5 Å². The van der Waals surface area contributed by atoms with Crippen LogP contribution in [0.15, 0.2) is 51.1 Å². The van der Waals surface area contributed by atoms with Crippen LogP contribution in [0.2, 0.25) is 5.02 Å². The highest BCUT2D eigenvalue weighted by Crippen LogP contribution is 2.34. The number of carbonyl (C=O) groups is 1. The number of carbonyl (C=O) groups excluding carboxylic acids is 1. The Hall–Kier alpha value is -2.62. The van der Waals surface area contributed by atoms with Gasteiger partial charge in [0.1, 0.15) is 16.4 Å². The first-order valence-electron chi connectivity index (χ1n) is 10.2. The topological polar surface area (TPSA) is 90.0 Å². The van der Waals surface area contributed by atoms with E-state index in [0.29, 0.717) is 21.8 Å². The molecule has 10 heteroatoms. The van der Waals surface area contributed by atoms with Crippen LogP contribution in [0.4, 0.5) is 5.82 Å². The van der Waals surface area contributed by atoms with Gasteiger partial charge in [-0.2, -0.15) is 0 Å². The SMILES string of the molecule is O=C(CSc1nc2sc3c(c2c(=O)n1Cc1ccco1)CCCC3)Nc1ccc(Cl)cn1. The number of anilines is 1. The first-order chi connectivity index (χ1) is 15.6. The maximum absolute atomic E-state index is 13.5. The van der Waals surface area contributed by atoms with E-state index in [2.05, 4.69) is 10.3 Å². The third-order valence-electron chi connectivity index (χ3n) is 5.26. The van der Waals surface area contributed by atoms with Gasteiger partial charge in [-0.1, -0.05) is 23.4 Å². The maximum atomic E-state index is 13.5. The molecule has 5 rings (SSSR count). The van der Waals surface area contributed by atoms with E-state index in [1.165, 1.54) is 22.8 Å². The Morgan fingerprint density at radius 3 is 2.94 bits per heavy atom. The monoisotopic (exact) mass is 486 g/mol. The van der Waals surface area contributed by atoms with Crippen LogP contribution in [-0.4, -0.2) is 26.2 Å². The smallest absolute Gasteiger partial charge is 0.263 e. The number of halogens is 1. The van der Waals surface area contributed by atoms with Crippen molar-refractivity contribution >= 4 is 56.6 Å². The third-order valence-corrected chi connectivity index (χ3v) is 7.65. The zero-order valence-corrected chi connectivity index (χ0v) is 19.4. The Morgan fingerprint density at radius 2 is 2.16 bits per heavy atom. The van der Waals surface area contributed by atoms with Gasteiger partial charge < -0.3 is 9.73 Å². The molecule has 0 fully saturated rings. The highest BCUT2D eigenvalue weighted by Gasteiger charge is 2.23. The predicted octanol–water partition coefficient (Wildman–Crippen LogP) is 4.76. The molecule has 32 heavy (non-hydrogen) atoms. The lowest BCUT2D eigenvalue weighted by molar-refractivity contribution is -0.113. The highest BCUT2D eigenvalue weighted by molar-refractivity contribution is 7.99. The quantitative estimate of drug-likeness (QED) is 0.312. The molecule has 0 saturated carbocycles. The summed E-state index contributed by atoms with van der Waals surface area (Å²) in [4.78, 5) is 36.9. The fraction of sp³-hybridized carbons (Fsp3) is 0.273. The predicted molar refractivity (Wildman–Crippen MR) is 127 cm³/mol. The molecule has 0 bridgehead atoms. The number of nitrogens with one attached hydrogen (secondary N) is 1. The van der Waals surface area contributed by atoms with Gasteiger partial charge in [0.15, 0.2) is 5.16 Å². The van der Waals surface area contributed by atoms with E-state index in [4.69, 9.17) is 21.0 Å². The Bertz CT molecular complexity index is 1330. The molecule has 0 aliphatic heterocycles. The average molecular weight is 487 g/mol. The summed E-state index contributed by atoms with van der Waals surface area (Å²) in [6, 6.07) is 6.91. The number of furan rings is 1. The van der Waals surface area contributed by atoms with Crippen LogP contribution in [0, 0.1) is 0 Å². The van der Waals surface area contributed by atoms with E-state index in [1.807, 2.05) is 6.07 Å². The minimum absolute atomic E-state index is 0.0759. The molecule has 0 saturated heterocycles. The summed E-state index contributed by atoms with van der Waals surface area (Å²) in [7, 11) is 0. The molecular weight excluding hydrogens is 468 g/mol. The Kier molecular flexibility index (Phi) is 6.03. The molecule has 0 aromatic carbocycles. The van der Waals surface area contributed by atoms with Crippen molar-refractivity contribution in [2.24, 2.45) is 0 Å². The van der Waals surface area contributed by atoms with Gasteiger partial charge in [-0.25, -0.2) is 9.97 Å². The molecule has 4 aromatic heterocycles. The Morgan fingerprint density at radius 1 is 1.28 bits per heavy atom. The van der Waals surface area contributed by atoms with Crippen LogP contribution in [-0.2, 0) is 24.2 Å². The number of pyridine rings is 1. The summed E-state index contributed by atoms with van der Waals surface area (Å²) in [5.74, 6) is 0.927. The number of aromatic nitrogens is 3. The summed E-state index contributed by atoms with van der Waals surface area (Å²) in [5, 5.41) is 4.45. The fourth-order valence-corrected chi connectivity index (χ4v) is 6.00. The highest BCUT2D eigenvalue weighted by atomic mass is 35.5. The molecule has 1 amide bonds. The number of thioether (sulfide) groups is 1. The van der Waals surface area contributed by atoms with Crippen molar-refractivity contribution in [3.05, 3.63) is 68.3 Å². The van der Waals surface area contributed by atoms with Crippen molar-refractivity contribution in [2.45, 2.75) is 37.4 Å². The second-order valence-corrected chi connectivity index (χ2v) is 9.92. The Labute approximate surface area is 196 Å². The number of rotatable bonds is 6. The summed E-state index contributed by atoms with van der Waals surface area (Å²) in [6.45, 7) is 0.266. The molecule has 1 N–H and O–H groups in total. The van der Waals surface area contributed by atoms with Gasteiger partial charge in [-0.05, 0) is 55.5 Å². The summed E-state index contributed by atoms with van der Waals surface area (Å²) >= 11 is 8.66. The van der Waals surface area contributed by atoms with Gasteiger partial charge >= 0.3 is 0 Å². The van der Waals surface area contributed by atoms with Gasteiger partial charge in [0.05, 0.1) is 29.0 Å². The van der Waals surface area contributed by atoms with Crippen LogP contribution in [0.5, 0.6) is 0 Å². The van der Waals surface area contributed by atoms with Crippen LogP contribution in [0.1, 0.15) is 29.0 Å². The van der Waals surface area contributed by atoms with Crippen molar-refractivity contribution in [3.8, 4) is 0 Å². The number of thiophene rings is 1. The largest absolute Gasteiger partial charge is 0.467 e. The zero-order valence-electron chi connectivity index (χ0n) is 17.0.